The normalized spacial score (nSPS) is 14.7. The monoisotopic (exact) mass is 506 g/mol. The van der Waals surface area contributed by atoms with Gasteiger partial charge in [0, 0.05) is 24.1 Å². The molecule has 186 valence electrons. The minimum Gasteiger partial charge on any atom is -0.497 e. The Bertz CT molecular complexity index is 1280. The molecule has 4 rings (SSSR count). The average Bonchev–Trinajstić information content (AvgIpc) is 3.35. The molecule has 1 unspecified atom stereocenters. The molecular formula is C27H27ClN4O4. The second-order valence-corrected chi connectivity index (χ2v) is 8.71. The molecule has 8 nitrogen and oxygen atoms in total. The molecule has 0 aromatic heterocycles. The lowest BCUT2D eigenvalue weighted by Crippen LogP contribution is -2.41. The van der Waals surface area contributed by atoms with Crippen molar-refractivity contribution in [2.75, 3.05) is 33.1 Å². The second-order valence-electron chi connectivity index (χ2n) is 8.27. The minimum absolute atomic E-state index is 0.167. The Morgan fingerprint density at radius 3 is 2.53 bits per heavy atom. The van der Waals surface area contributed by atoms with Gasteiger partial charge in [-0.05, 0) is 42.0 Å². The van der Waals surface area contributed by atoms with Crippen LogP contribution in [0.15, 0.2) is 77.9 Å². The summed E-state index contributed by atoms with van der Waals surface area (Å²) in [6.45, 7) is -0.167. The SMILES string of the molecule is COc1cccc(C2=NN(C(=O)CN(C)C(=O)Nc3ccccc3OC)C(c3ccc(Cl)cc3)C2)c1. The summed E-state index contributed by atoms with van der Waals surface area (Å²) < 4.78 is 10.6. The third kappa shape index (κ3) is 5.60. The summed E-state index contributed by atoms with van der Waals surface area (Å²) in [6.07, 6.45) is 0.512. The number of carbonyl (C=O) groups is 2. The summed E-state index contributed by atoms with van der Waals surface area (Å²) in [6, 6.07) is 21.2. The van der Waals surface area contributed by atoms with E-state index in [0.29, 0.717) is 28.6 Å². The van der Waals surface area contributed by atoms with E-state index in [0.717, 1.165) is 16.8 Å². The number of benzene rings is 3. The highest BCUT2D eigenvalue weighted by Gasteiger charge is 2.34. The van der Waals surface area contributed by atoms with Gasteiger partial charge < -0.3 is 19.7 Å². The van der Waals surface area contributed by atoms with Gasteiger partial charge in [-0.3, -0.25) is 4.79 Å². The number of hydrogen-bond donors (Lipinski definition) is 1. The van der Waals surface area contributed by atoms with Crippen molar-refractivity contribution in [3.63, 3.8) is 0 Å². The number of hydrogen-bond acceptors (Lipinski definition) is 5. The highest BCUT2D eigenvalue weighted by Crippen LogP contribution is 2.34. The quantitative estimate of drug-likeness (QED) is 0.477. The summed E-state index contributed by atoms with van der Waals surface area (Å²) in [5.41, 5.74) is 3.03. The number of rotatable bonds is 7. The van der Waals surface area contributed by atoms with E-state index in [1.54, 1.807) is 44.5 Å². The molecule has 1 heterocycles. The van der Waals surface area contributed by atoms with E-state index < -0.39 is 6.03 Å². The topological polar surface area (TPSA) is 83.5 Å². The molecule has 9 heteroatoms. The molecule has 0 saturated heterocycles. The molecule has 1 atom stereocenters. The minimum atomic E-state index is -0.438. The summed E-state index contributed by atoms with van der Waals surface area (Å²) in [4.78, 5) is 27.5. The van der Waals surface area contributed by atoms with Crippen molar-refractivity contribution in [1.29, 1.82) is 0 Å². The highest BCUT2D eigenvalue weighted by molar-refractivity contribution is 6.30. The predicted molar refractivity (Wildman–Crippen MR) is 140 cm³/mol. The molecule has 0 bridgehead atoms. The zero-order chi connectivity index (χ0) is 25.7. The first kappa shape index (κ1) is 25.1. The summed E-state index contributed by atoms with van der Waals surface area (Å²) >= 11 is 6.08. The van der Waals surface area contributed by atoms with Crippen LogP contribution in [0.1, 0.15) is 23.6 Å². The third-order valence-electron chi connectivity index (χ3n) is 5.89. The van der Waals surface area contributed by atoms with E-state index >= 15 is 0 Å². The number of amides is 3. The molecule has 0 fully saturated rings. The Hall–Kier alpha value is -4.04. The van der Waals surface area contributed by atoms with Crippen LogP contribution in [0.4, 0.5) is 10.5 Å². The molecule has 1 aliphatic rings. The van der Waals surface area contributed by atoms with E-state index in [4.69, 9.17) is 21.1 Å². The molecule has 0 saturated carbocycles. The Labute approximate surface area is 215 Å². The van der Waals surface area contributed by atoms with Gasteiger partial charge in [-0.2, -0.15) is 5.10 Å². The summed E-state index contributed by atoms with van der Waals surface area (Å²) in [7, 11) is 4.69. The fourth-order valence-electron chi connectivity index (χ4n) is 3.97. The van der Waals surface area contributed by atoms with Gasteiger partial charge in [0.2, 0.25) is 0 Å². The number of anilines is 1. The van der Waals surface area contributed by atoms with Crippen molar-refractivity contribution in [2.45, 2.75) is 12.5 Å². The Balaban J connectivity index is 1.55. The number of ether oxygens (including phenoxy) is 2. The molecule has 36 heavy (non-hydrogen) atoms. The van der Waals surface area contributed by atoms with Crippen molar-refractivity contribution in [1.82, 2.24) is 9.91 Å². The number of carbonyl (C=O) groups excluding carboxylic acids is 2. The van der Waals surface area contributed by atoms with Gasteiger partial charge in [0.1, 0.15) is 18.0 Å². The third-order valence-corrected chi connectivity index (χ3v) is 6.14. The van der Waals surface area contributed by atoms with Crippen LogP contribution in [0.2, 0.25) is 5.02 Å². The van der Waals surface area contributed by atoms with E-state index in [9.17, 15) is 9.59 Å². The molecule has 0 aliphatic carbocycles. The molecule has 0 spiro atoms. The van der Waals surface area contributed by atoms with Crippen LogP contribution < -0.4 is 14.8 Å². The Kier molecular flexibility index (Phi) is 7.75. The lowest BCUT2D eigenvalue weighted by molar-refractivity contribution is -0.133. The maximum atomic E-state index is 13.4. The number of hydrazone groups is 1. The maximum absolute atomic E-state index is 13.4. The number of halogens is 1. The Morgan fingerprint density at radius 2 is 1.81 bits per heavy atom. The first-order valence-electron chi connectivity index (χ1n) is 11.3. The Morgan fingerprint density at radius 1 is 1.06 bits per heavy atom. The van der Waals surface area contributed by atoms with Crippen molar-refractivity contribution in [3.8, 4) is 11.5 Å². The molecular weight excluding hydrogens is 480 g/mol. The van der Waals surface area contributed by atoms with Gasteiger partial charge in [-0.25, -0.2) is 9.80 Å². The highest BCUT2D eigenvalue weighted by atomic mass is 35.5. The fraction of sp³-hybridized carbons (Fsp3) is 0.222. The molecule has 1 N–H and O–H groups in total. The van der Waals surface area contributed by atoms with Crippen molar-refractivity contribution in [2.24, 2.45) is 5.10 Å². The van der Waals surface area contributed by atoms with Crippen LogP contribution in [-0.4, -0.2) is 55.4 Å². The molecule has 3 aromatic rings. The first-order chi connectivity index (χ1) is 17.4. The van der Waals surface area contributed by atoms with Crippen LogP contribution in [0.3, 0.4) is 0 Å². The van der Waals surface area contributed by atoms with Gasteiger partial charge in [-0.1, -0.05) is 48.0 Å². The fourth-order valence-corrected chi connectivity index (χ4v) is 4.09. The summed E-state index contributed by atoms with van der Waals surface area (Å²) in [5.74, 6) is 0.918. The standard InChI is InChI=1S/C27H27ClN4O4/c1-31(27(34)29-22-9-4-5-10-25(22)36-3)17-26(33)32-24(18-11-13-20(28)14-12-18)16-23(30-32)19-7-6-8-21(15-19)35-2/h4-15,24H,16-17H2,1-3H3,(H,29,34). The lowest BCUT2D eigenvalue weighted by Gasteiger charge is -2.25. The maximum Gasteiger partial charge on any atom is 0.322 e. The van der Waals surface area contributed by atoms with Gasteiger partial charge in [0.15, 0.2) is 0 Å². The zero-order valence-corrected chi connectivity index (χ0v) is 21.0. The predicted octanol–water partition coefficient (Wildman–Crippen LogP) is 5.20. The van der Waals surface area contributed by atoms with E-state index in [1.165, 1.54) is 17.0 Å². The smallest absolute Gasteiger partial charge is 0.322 e. The lowest BCUT2D eigenvalue weighted by atomic mass is 9.98. The molecule has 0 radical (unpaired) electrons. The molecule has 1 aliphatic heterocycles. The second kappa shape index (κ2) is 11.1. The average molecular weight is 507 g/mol. The van der Waals surface area contributed by atoms with Crippen molar-refractivity contribution < 1.29 is 19.1 Å². The number of likely N-dealkylation sites (N-methyl/N-ethyl adjacent to an activating group) is 1. The van der Waals surface area contributed by atoms with Gasteiger partial charge in [0.05, 0.1) is 31.7 Å². The molecule has 3 aromatic carbocycles. The number of methoxy groups -OCH3 is 2. The van der Waals surface area contributed by atoms with Crippen LogP contribution in [0.25, 0.3) is 0 Å². The van der Waals surface area contributed by atoms with Crippen molar-refractivity contribution in [3.05, 3.63) is 88.9 Å². The van der Waals surface area contributed by atoms with E-state index in [-0.39, 0.29) is 18.5 Å². The van der Waals surface area contributed by atoms with Crippen molar-refractivity contribution >= 4 is 34.9 Å². The van der Waals surface area contributed by atoms with Crippen LogP contribution in [0, 0.1) is 0 Å². The van der Waals surface area contributed by atoms with Gasteiger partial charge >= 0.3 is 6.03 Å². The van der Waals surface area contributed by atoms with E-state index in [1.807, 2.05) is 42.5 Å². The zero-order valence-electron chi connectivity index (χ0n) is 20.3. The van der Waals surface area contributed by atoms with Crippen LogP contribution in [0.5, 0.6) is 11.5 Å². The largest absolute Gasteiger partial charge is 0.497 e. The van der Waals surface area contributed by atoms with Gasteiger partial charge in [0.25, 0.3) is 5.91 Å². The first-order valence-corrected chi connectivity index (χ1v) is 11.7. The van der Waals surface area contributed by atoms with E-state index in [2.05, 4.69) is 10.4 Å². The van der Waals surface area contributed by atoms with Crippen LogP contribution in [-0.2, 0) is 4.79 Å². The number of nitrogens with zero attached hydrogens (tertiary/aromatic N) is 3. The number of para-hydroxylation sites is 2. The number of nitrogens with one attached hydrogen (secondary N) is 1. The van der Waals surface area contributed by atoms with Gasteiger partial charge in [-0.15, -0.1) is 0 Å². The van der Waals surface area contributed by atoms with Crippen LogP contribution >= 0.6 is 11.6 Å². The molecule has 3 amide bonds. The summed E-state index contributed by atoms with van der Waals surface area (Å²) in [5, 5.41) is 9.51. The number of urea groups is 1.